The first kappa shape index (κ1) is 23.5. The predicted octanol–water partition coefficient (Wildman–Crippen LogP) is 3.53. The van der Waals surface area contributed by atoms with E-state index < -0.39 is 0 Å². The summed E-state index contributed by atoms with van der Waals surface area (Å²) in [4.78, 5) is 4.73. The van der Waals surface area contributed by atoms with Crippen molar-refractivity contribution in [3.63, 3.8) is 0 Å². The molecule has 1 aliphatic heterocycles. The van der Waals surface area contributed by atoms with Gasteiger partial charge in [0.1, 0.15) is 5.75 Å². The van der Waals surface area contributed by atoms with E-state index >= 15 is 0 Å². The zero-order valence-corrected chi connectivity index (χ0v) is 18.6. The van der Waals surface area contributed by atoms with E-state index in [4.69, 9.17) is 19.2 Å². The van der Waals surface area contributed by atoms with Gasteiger partial charge in [-0.15, -0.1) is 0 Å². The van der Waals surface area contributed by atoms with Gasteiger partial charge in [0.15, 0.2) is 5.96 Å². The highest BCUT2D eigenvalue weighted by Gasteiger charge is 2.17. The Kier molecular flexibility index (Phi) is 10.9. The van der Waals surface area contributed by atoms with Gasteiger partial charge in [-0.25, -0.2) is 4.99 Å². The number of nitrogens with one attached hydrogen (secondary N) is 2. The molecule has 0 aromatic heterocycles. The number of hydrogen-bond donors (Lipinski definition) is 2. The second kappa shape index (κ2) is 13.4. The molecule has 0 amide bonds. The van der Waals surface area contributed by atoms with E-state index in [1.807, 2.05) is 0 Å². The Hall–Kier alpha value is -1.79. The molecule has 1 fully saturated rings. The molecule has 1 atom stereocenters. The Morgan fingerprint density at radius 3 is 2.86 bits per heavy atom. The summed E-state index contributed by atoms with van der Waals surface area (Å²) in [5.41, 5.74) is 2.29. The van der Waals surface area contributed by atoms with Crippen LogP contribution in [0.4, 0.5) is 0 Å². The zero-order chi connectivity index (χ0) is 20.9. The quantitative estimate of drug-likeness (QED) is 0.316. The third-order valence-corrected chi connectivity index (χ3v) is 4.85. The van der Waals surface area contributed by atoms with E-state index in [2.05, 4.69) is 56.5 Å². The van der Waals surface area contributed by atoms with Crippen LogP contribution in [0.2, 0.25) is 0 Å². The molecule has 0 aliphatic carbocycles. The first-order chi connectivity index (χ1) is 14.1. The molecule has 6 nitrogen and oxygen atoms in total. The van der Waals surface area contributed by atoms with Gasteiger partial charge in [-0.3, -0.25) is 0 Å². The molecule has 6 heteroatoms. The van der Waals surface area contributed by atoms with Gasteiger partial charge in [-0.2, -0.15) is 0 Å². The summed E-state index contributed by atoms with van der Waals surface area (Å²) in [7, 11) is 0. The van der Waals surface area contributed by atoms with Crippen LogP contribution in [0.3, 0.4) is 0 Å². The normalized spacial score (nSPS) is 17.0. The van der Waals surface area contributed by atoms with E-state index in [0.717, 1.165) is 63.0 Å². The molecule has 2 N–H and O–H groups in total. The van der Waals surface area contributed by atoms with Crippen molar-refractivity contribution in [2.75, 3.05) is 46.1 Å². The smallest absolute Gasteiger partial charge is 0.191 e. The molecule has 29 heavy (non-hydrogen) atoms. The minimum Gasteiger partial charge on any atom is -0.493 e. The highest BCUT2D eigenvalue weighted by molar-refractivity contribution is 5.79. The molecule has 0 radical (unpaired) electrons. The van der Waals surface area contributed by atoms with Crippen LogP contribution in [0, 0.1) is 18.8 Å². The van der Waals surface area contributed by atoms with E-state index in [9.17, 15) is 0 Å². The van der Waals surface area contributed by atoms with Crippen molar-refractivity contribution in [1.29, 1.82) is 0 Å². The molecule has 0 bridgehead atoms. The summed E-state index contributed by atoms with van der Waals surface area (Å²) in [6.07, 6.45) is 2.17. The summed E-state index contributed by atoms with van der Waals surface area (Å²) in [6.45, 7) is 14.5. The van der Waals surface area contributed by atoms with E-state index in [1.165, 1.54) is 5.56 Å². The van der Waals surface area contributed by atoms with E-state index in [-0.39, 0.29) is 0 Å². The first-order valence-corrected chi connectivity index (χ1v) is 11.0. The summed E-state index contributed by atoms with van der Waals surface area (Å²) in [5.74, 6) is 2.89. The van der Waals surface area contributed by atoms with Crippen molar-refractivity contribution < 1.29 is 14.2 Å². The summed E-state index contributed by atoms with van der Waals surface area (Å²) in [6, 6.07) is 6.32. The lowest BCUT2D eigenvalue weighted by atomic mass is 10.1. The van der Waals surface area contributed by atoms with Crippen LogP contribution in [-0.2, 0) is 16.0 Å². The molecule has 0 saturated carbocycles. The molecule has 0 spiro atoms. The topological polar surface area (TPSA) is 64.1 Å². The molecule has 1 aliphatic rings. The number of guanidine groups is 1. The molecule has 1 aromatic rings. The van der Waals surface area contributed by atoms with E-state index in [1.54, 1.807) is 0 Å². The average molecular weight is 406 g/mol. The van der Waals surface area contributed by atoms with Crippen LogP contribution in [0.5, 0.6) is 5.75 Å². The minimum atomic E-state index is 0.488. The van der Waals surface area contributed by atoms with Crippen molar-refractivity contribution in [2.45, 2.75) is 47.1 Å². The standard InChI is InChI=1S/C23H39N3O3/c1-5-24-23(25-10-13-27-11-8-18(2)3)26-15-21-7-6-19(4)14-22(21)29-17-20-9-12-28-16-20/h6-7,14,18,20H,5,8-13,15-17H2,1-4H3,(H2,24,25,26). The van der Waals surface area contributed by atoms with Crippen LogP contribution in [0.25, 0.3) is 0 Å². The molecule has 1 aromatic carbocycles. The van der Waals surface area contributed by atoms with Gasteiger partial charge in [0.05, 0.1) is 26.4 Å². The van der Waals surface area contributed by atoms with E-state index in [0.29, 0.717) is 31.6 Å². The van der Waals surface area contributed by atoms with Crippen molar-refractivity contribution in [2.24, 2.45) is 16.8 Å². The third kappa shape index (κ3) is 9.50. The lowest BCUT2D eigenvalue weighted by Crippen LogP contribution is -2.39. The lowest BCUT2D eigenvalue weighted by Gasteiger charge is -2.15. The molecule has 2 rings (SSSR count). The third-order valence-electron chi connectivity index (χ3n) is 4.85. The Morgan fingerprint density at radius 2 is 2.14 bits per heavy atom. The molecule has 164 valence electrons. The maximum absolute atomic E-state index is 6.13. The lowest BCUT2D eigenvalue weighted by molar-refractivity contribution is 0.128. The number of nitrogens with zero attached hydrogens (tertiary/aromatic N) is 1. The molecular weight excluding hydrogens is 366 g/mol. The van der Waals surface area contributed by atoms with Crippen LogP contribution in [0.15, 0.2) is 23.2 Å². The van der Waals surface area contributed by atoms with Gasteiger partial charge in [0.25, 0.3) is 0 Å². The van der Waals surface area contributed by atoms with Crippen molar-refractivity contribution in [1.82, 2.24) is 10.6 Å². The summed E-state index contributed by atoms with van der Waals surface area (Å²) in [5, 5.41) is 6.64. The maximum atomic E-state index is 6.13. The van der Waals surface area contributed by atoms with Crippen molar-refractivity contribution in [3.05, 3.63) is 29.3 Å². The number of aliphatic imine (C=N–C) groups is 1. The monoisotopic (exact) mass is 405 g/mol. The number of aryl methyl sites for hydroxylation is 1. The minimum absolute atomic E-state index is 0.488. The molecule has 1 unspecified atom stereocenters. The Morgan fingerprint density at radius 1 is 1.28 bits per heavy atom. The van der Waals surface area contributed by atoms with Crippen LogP contribution in [0.1, 0.15) is 44.7 Å². The zero-order valence-electron chi connectivity index (χ0n) is 18.6. The van der Waals surface area contributed by atoms with Crippen LogP contribution >= 0.6 is 0 Å². The fourth-order valence-corrected chi connectivity index (χ4v) is 3.02. The Balaban J connectivity index is 1.86. The Bertz CT molecular complexity index is 613. The number of ether oxygens (including phenoxy) is 3. The first-order valence-electron chi connectivity index (χ1n) is 11.0. The highest BCUT2D eigenvalue weighted by atomic mass is 16.5. The van der Waals surface area contributed by atoms with Gasteiger partial charge >= 0.3 is 0 Å². The predicted molar refractivity (Wildman–Crippen MR) is 119 cm³/mol. The summed E-state index contributed by atoms with van der Waals surface area (Å²) < 4.78 is 17.3. The van der Waals surface area contributed by atoms with Crippen molar-refractivity contribution in [3.8, 4) is 5.75 Å². The largest absolute Gasteiger partial charge is 0.493 e. The van der Waals surface area contributed by atoms with Crippen molar-refractivity contribution >= 4 is 5.96 Å². The van der Waals surface area contributed by atoms with Crippen LogP contribution < -0.4 is 15.4 Å². The highest BCUT2D eigenvalue weighted by Crippen LogP contribution is 2.23. The second-order valence-corrected chi connectivity index (χ2v) is 8.07. The number of rotatable bonds is 12. The fourth-order valence-electron chi connectivity index (χ4n) is 3.02. The Labute approximate surface area is 176 Å². The van der Waals surface area contributed by atoms with Gasteiger partial charge < -0.3 is 24.8 Å². The number of benzene rings is 1. The average Bonchev–Trinajstić information content (AvgIpc) is 3.21. The number of hydrogen-bond acceptors (Lipinski definition) is 4. The second-order valence-electron chi connectivity index (χ2n) is 8.07. The summed E-state index contributed by atoms with van der Waals surface area (Å²) >= 11 is 0. The van der Waals surface area contributed by atoms with Gasteiger partial charge in [0, 0.05) is 37.8 Å². The SMILES string of the molecule is CCNC(=NCc1ccc(C)cc1OCC1CCOC1)NCCOCCC(C)C. The molecule has 1 saturated heterocycles. The fraction of sp³-hybridized carbons (Fsp3) is 0.696. The molecule has 1 heterocycles. The van der Waals surface area contributed by atoms with Gasteiger partial charge in [0.2, 0.25) is 0 Å². The molecular formula is C23H39N3O3. The van der Waals surface area contributed by atoms with Gasteiger partial charge in [-0.05, 0) is 44.2 Å². The van der Waals surface area contributed by atoms with Crippen LogP contribution in [-0.4, -0.2) is 52.1 Å². The van der Waals surface area contributed by atoms with Gasteiger partial charge in [-0.1, -0.05) is 26.0 Å². The maximum Gasteiger partial charge on any atom is 0.191 e.